The monoisotopic (exact) mass is 268 g/mol. The van der Waals surface area contributed by atoms with Gasteiger partial charge in [-0.2, -0.15) is 0 Å². The number of rotatable bonds is 2. The van der Waals surface area contributed by atoms with Gasteiger partial charge >= 0.3 is 0 Å². The molecule has 0 spiro atoms. The van der Waals surface area contributed by atoms with E-state index in [0.717, 1.165) is 0 Å². The zero-order chi connectivity index (χ0) is 12.4. The first-order chi connectivity index (χ1) is 8.11. The molecule has 0 radical (unpaired) electrons. The van der Waals surface area contributed by atoms with Crippen molar-refractivity contribution in [3.05, 3.63) is 57.8 Å². The molecule has 2 aromatic rings. The second-order valence-electron chi connectivity index (χ2n) is 3.49. The van der Waals surface area contributed by atoms with Crippen LogP contribution in [0.2, 0.25) is 10.0 Å². The lowest BCUT2D eigenvalue weighted by molar-refractivity contribution is 0.112. The first-order valence-corrected chi connectivity index (χ1v) is 5.57. The third-order valence-corrected chi connectivity index (χ3v) is 2.98. The molecule has 0 saturated heterocycles. The van der Waals surface area contributed by atoms with Crippen molar-refractivity contribution < 1.29 is 9.18 Å². The molecular formula is C13H7Cl2FO. The van der Waals surface area contributed by atoms with Crippen molar-refractivity contribution >= 4 is 29.5 Å². The Morgan fingerprint density at radius 3 is 2.35 bits per heavy atom. The predicted molar refractivity (Wildman–Crippen MR) is 67.2 cm³/mol. The standard InChI is InChI=1S/C13H7Cl2FO/c14-11-4-2-9(6-13(11)16)10-3-1-8(7-17)5-12(10)15/h1-7H. The van der Waals surface area contributed by atoms with E-state index in [-0.39, 0.29) is 5.02 Å². The largest absolute Gasteiger partial charge is 0.298 e. The number of carbonyl (C=O) groups excluding carboxylic acids is 1. The topological polar surface area (TPSA) is 17.1 Å². The van der Waals surface area contributed by atoms with Gasteiger partial charge < -0.3 is 0 Å². The second-order valence-corrected chi connectivity index (χ2v) is 4.30. The molecule has 1 nitrogen and oxygen atoms in total. The Kier molecular flexibility index (Phi) is 3.46. The summed E-state index contributed by atoms with van der Waals surface area (Å²) in [5.41, 5.74) is 1.76. The van der Waals surface area contributed by atoms with Crippen LogP contribution in [0.5, 0.6) is 0 Å². The van der Waals surface area contributed by atoms with Gasteiger partial charge in [0, 0.05) is 16.1 Å². The molecule has 86 valence electrons. The fraction of sp³-hybridized carbons (Fsp3) is 0. The smallest absolute Gasteiger partial charge is 0.150 e. The first kappa shape index (κ1) is 12.1. The number of benzene rings is 2. The summed E-state index contributed by atoms with van der Waals surface area (Å²) in [7, 11) is 0. The van der Waals surface area contributed by atoms with Gasteiger partial charge in [0.2, 0.25) is 0 Å². The number of aldehydes is 1. The van der Waals surface area contributed by atoms with Crippen LogP contribution in [0.3, 0.4) is 0 Å². The SMILES string of the molecule is O=Cc1ccc(-c2ccc(Cl)c(F)c2)c(Cl)c1. The Bertz CT molecular complexity index is 582. The minimum absolute atomic E-state index is 0.0642. The van der Waals surface area contributed by atoms with Crippen molar-refractivity contribution in [2.24, 2.45) is 0 Å². The molecule has 0 N–H and O–H groups in total. The quantitative estimate of drug-likeness (QED) is 0.727. The highest BCUT2D eigenvalue weighted by molar-refractivity contribution is 6.33. The molecule has 0 aliphatic rings. The second kappa shape index (κ2) is 4.86. The van der Waals surface area contributed by atoms with E-state index in [9.17, 15) is 9.18 Å². The van der Waals surface area contributed by atoms with Gasteiger partial charge in [0.25, 0.3) is 0 Å². The van der Waals surface area contributed by atoms with Gasteiger partial charge in [-0.1, -0.05) is 41.4 Å². The summed E-state index contributed by atoms with van der Waals surface area (Å²) in [4.78, 5) is 10.6. The first-order valence-electron chi connectivity index (χ1n) is 4.82. The molecule has 0 atom stereocenters. The molecule has 0 saturated carbocycles. The van der Waals surface area contributed by atoms with E-state index in [1.54, 1.807) is 18.2 Å². The highest BCUT2D eigenvalue weighted by Gasteiger charge is 2.07. The van der Waals surface area contributed by atoms with Crippen LogP contribution in [-0.2, 0) is 0 Å². The van der Waals surface area contributed by atoms with Crippen molar-refractivity contribution in [2.45, 2.75) is 0 Å². The van der Waals surface area contributed by atoms with Gasteiger partial charge in [-0.05, 0) is 23.8 Å². The van der Waals surface area contributed by atoms with E-state index in [0.29, 0.717) is 28.0 Å². The van der Waals surface area contributed by atoms with E-state index in [2.05, 4.69) is 0 Å². The van der Waals surface area contributed by atoms with E-state index in [1.165, 1.54) is 18.2 Å². The summed E-state index contributed by atoms with van der Waals surface area (Å²) in [5, 5.41) is 0.464. The molecule has 0 aliphatic carbocycles. The van der Waals surface area contributed by atoms with Crippen LogP contribution in [0.4, 0.5) is 4.39 Å². The van der Waals surface area contributed by atoms with Crippen molar-refractivity contribution in [1.29, 1.82) is 0 Å². The maximum absolute atomic E-state index is 13.3. The minimum Gasteiger partial charge on any atom is -0.298 e. The zero-order valence-corrected chi connectivity index (χ0v) is 10.1. The van der Waals surface area contributed by atoms with E-state index < -0.39 is 5.82 Å². The molecule has 0 fully saturated rings. The molecular weight excluding hydrogens is 262 g/mol. The third kappa shape index (κ3) is 2.48. The predicted octanol–water partition coefficient (Wildman–Crippen LogP) is 4.61. The van der Waals surface area contributed by atoms with Crippen LogP contribution >= 0.6 is 23.2 Å². The Hall–Kier alpha value is -1.38. The highest BCUT2D eigenvalue weighted by atomic mass is 35.5. The van der Waals surface area contributed by atoms with Crippen LogP contribution in [0.25, 0.3) is 11.1 Å². The molecule has 0 bridgehead atoms. The molecule has 17 heavy (non-hydrogen) atoms. The van der Waals surface area contributed by atoms with Crippen LogP contribution in [-0.4, -0.2) is 6.29 Å². The normalized spacial score (nSPS) is 10.3. The summed E-state index contributed by atoms with van der Waals surface area (Å²) in [6.07, 6.45) is 0.706. The highest BCUT2D eigenvalue weighted by Crippen LogP contribution is 2.30. The Balaban J connectivity index is 2.52. The lowest BCUT2D eigenvalue weighted by atomic mass is 10.0. The average molecular weight is 269 g/mol. The Morgan fingerprint density at radius 2 is 1.76 bits per heavy atom. The van der Waals surface area contributed by atoms with Gasteiger partial charge in [0.05, 0.1) is 5.02 Å². The van der Waals surface area contributed by atoms with Gasteiger partial charge in [0.1, 0.15) is 12.1 Å². The van der Waals surface area contributed by atoms with Gasteiger partial charge in [-0.3, -0.25) is 4.79 Å². The number of hydrogen-bond donors (Lipinski definition) is 0. The van der Waals surface area contributed by atoms with Gasteiger partial charge in [-0.15, -0.1) is 0 Å². The zero-order valence-electron chi connectivity index (χ0n) is 8.58. The molecule has 0 aliphatic heterocycles. The average Bonchev–Trinajstić information content (AvgIpc) is 2.32. The maximum Gasteiger partial charge on any atom is 0.150 e. The van der Waals surface area contributed by atoms with Crippen molar-refractivity contribution in [3.63, 3.8) is 0 Å². The van der Waals surface area contributed by atoms with Crippen molar-refractivity contribution in [3.8, 4) is 11.1 Å². The van der Waals surface area contributed by atoms with Crippen molar-refractivity contribution in [1.82, 2.24) is 0 Å². The van der Waals surface area contributed by atoms with Crippen LogP contribution < -0.4 is 0 Å². The van der Waals surface area contributed by atoms with Gasteiger partial charge in [0.15, 0.2) is 0 Å². The molecule has 0 amide bonds. The van der Waals surface area contributed by atoms with Crippen molar-refractivity contribution in [2.75, 3.05) is 0 Å². The molecule has 4 heteroatoms. The number of carbonyl (C=O) groups is 1. The van der Waals surface area contributed by atoms with Crippen LogP contribution in [0.15, 0.2) is 36.4 Å². The fourth-order valence-corrected chi connectivity index (χ4v) is 1.92. The summed E-state index contributed by atoms with van der Waals surface area (Å²) >= 11 is 11.6. The summed E-state index contributed by atoms with van der Waals surface area (Å²) in [6.45, 7) is 0. The minimum atomic E-state index is -0.500. The van der Waals surface area contributed by atoms with E-state index in [1.807, 2.05) is 0 Å². The lowest BCUT2D eigenvalue weighted by Gasteiger charge is -2.06. The van der Waals surface area contributed by atoms with E-state index in [4.69, 9.17) is 23.2 Å². The molecule has 0 heterocycles. The number of hydrogen-bond acceptors (Lipinski definition) is 1. The van der Waals surface area contributed by atoms with Crippen LogP contribution in [0, 0.1) is 5.82 Å². The van der Waals surface area contributed by atoms with Crippen LogP contribution in [0.1, 0.15) is 10.4 Å². The molecule has 2 aromatic carbocycles. The molecule has 0 unspecified atom stereocenters. The summed E-state index contributed by atoms with van der Waals surface area (Å²) < 4.78 is 13.3. The fourth-order valence-electron chi connectivity index (χ4n) is 1.50. The summed E-state index contributed by atoms with van der Waals surface area (Å²) in [5.74, 6) is -0.500. The lowest BCUT2D eigenvalue weighted by Crippen LogP contribution is -1.85. The summed E-state index contributed by atoms with van der Waals surface area (Å²) in [6, 6.07) is 9.29. The third-order valence-electron chi connectivity index (χ3n) is 2.36. The number of halogens is 3. The molecule has 2 rings (SSSR count). The Morgan fingerprint density at radius 1 is 1.00 bits per heavy atom. The molecule has 0 aromatic heterocycles. The Labute approximate surface area is 108 Å². The van der Waals surface area contributed by atoms with Gasteiger partial charge in [-0.25, -0.2) is 4.39 Å². The van der Waals surface area contributed by atoms with E-state index >= 15 is 0 Å². The maximum atomic E-state index is 13.3.